The molecule has 0 saturated heterocycles. The lowest BCUT2D eigenvalue weighted by Gasteiger charge is -2.20. The Balaban J connectivity index is 0.00000272. The predicted molar refractivity (Wildman–Crippen MR) is 124 cm³/mol. The first kappa shape index (κ1) is 23.3. The van der Waals surface area contributed by atoms with Gasteiger partial charge in [-0.25, -0.2) is 26.1 Å². The van der Waals surface area contributed by atoms with Crippen molar-refractivity contribution < 1.29 is 16.8 Å². The molecule has 1 aliphatic rings. The van der Waals surface area contributed by atoms with Crippen LogP contribution >= 0.6 is 12.4 Å². The Morgan fingerprint density at radius 3 is 2.48 bits per heavy atom. The van der Waals surface area contributed by atoms with Crippen LogP contribution in [0.3, 0.4) is 0 Å². The topological polar surface area (TPSA) is 113 Å². The van der Waals surface area contributed by atoms with E-state index in [1.807, 2.05) is 24.3 Å². The van der Waals surface area contributed by atoms with Crippen LogP contribution in [0.1, 0.15) is 12.5 Å². The molecule has 0 radical (unpaired) electrons. The zero-order chi connectivity index (χ0) is 21.5. The van der Waals surface area contributed by atoms with E-state index in [1.54, 1.807) is 7.05 Å². The van der Waals surface area contributed by atoms with Crippen LogP contribution in [0.15, 0.2) is 53.4 Å². The second kappa shape index (κ2) is 8.65. The number of hydrogen-bond donors (Lipinski definition) is 2. The fourth-order valence-electron chi connectivity index (χ4n) is 3.61. The van der Waals surface area contributed by atoms with Crippen molar-refractivity contribution >= 4 is 55.1 Å². The van der Waals surface area contributed by atoms with Crippen LogP contribution in [-0.2, 0) is 20.0 Å². The molecule has 9 nitrogen and oxygen atoms in total. The monoisotopic (exact) mass is 485 g/mol. The van der Waals surface area contributed by atoms with E-state index in [-0.39, 0.29) is 23.3 Å². The Bertz CT molecular complexity index is 1290. The minimum absolute atomic E-state index is 0. The maximum absolute atomic E-state index is 12.9. The molecule has 1 unspecified atom stereocenters. The third kappa shape index (κ3) is 4.79. The molecule has 1 atom stereocenters. The lowest BCUT2D eigenvalue weighted by atomic mass is 10.2. The SMILES string of the molecule is CN(CCC1CNc2nc3ccccc3n21)S(=O)(=O)c1ccc(NS(C)(=O)=O)cc1.Cl. The van der Waals surface area contributed by atoms with Crippen LogP contribution in [-0.4, -0.2) is 57.1 Å². The average Bonchev–Trinajstić information content (AvgIpc) is 3.24. The van der Waals surface area contributed by atoms with Crippen molar-refractivity contribution in [2.24, 2.45) is 0 Å². The van der Waals surface area contributed by atoms with Crippen LogP contribution in [0.2, 0.25) is 0 Å². The van der Waals surface area contributed by atoms with Gasteiger partial charge in [-0.05, 0) is 42.8 Å². The summed E-state index contributed by atoms with van der Waals surface area (Å²) in [4.78, 5) is 4.69. The van der Waals surface area contributed by atoms with Crippen LogP contribution in [0, 0.1) is 0 Å². The molecule has 3 aromatic rings. The Hall–Kier alpha value is -2.34. The van der Waals surface area contributed by atoms with Crippen molar-refractivity contribution in [3.05, 3.63) is 48.5 Å². The first-order valence-electron chi connectivity index (χ1n) is 9.40. The van der Waals surface area contributed by atoms with E-state index in [1.165, 1.54) is 28.6 Å². The summed E-state index contributed by atoms with van der Waals surface area (Å²) in [5.41, 5.74) is 2.26. The summed E-state index contributed by atoms with van der Waals surface area (Å²) in [6.07, 6.45) is 1.67. The molecular formula is C19H24ClN5O4S2. The molecule has 0 aliphatic carbocycles. The maximum atomic E-state index is 12.9. The Labute approximate surface area is 188 Å². The number of sulfonamides is 2. The van der Waals surface area contributed by atoms with Gasteiger partial charge in [-0.3, -0.25) is 4.72 Å². The summed E-state index contributed by atoms with van der Waals surface area (Å²) in [5, 5.41) is 3.29. The molecule has 12 heteroatoms. The molecule has 1 aromatic heterocycles. The molecule has 0 amide bonds. The van der Waals surface area contributed by atoms with Crippen LogP contribution in [0.25, 0.3) is 11.0 Å². The number of anilines is 2. The van der Waals surface area contributed by atoms with E-state index in [2.05, 4.69) is 19.6 Å². The molecule has 2 heterocycles. The van der Waals surface area contributed by atoms with Crippen molar-refractivity contribution in [3.63, 3.8) is 0 Å². The largest absolute Gasteiger partial charge is 0.354 e. The van der Waals surface area contributed by atoms with Gasteiger partial charge in [0.05, 0.1) is 28.2 Å². The number of imidazole rings is 1. The van der Waals surface area contributed by atoms with E-state index in [0.29, 0.717) is 25.2 Å². The summed E-state index contributed by atoms with van der Waals surface area (Å²) < 4.78 is 54.2. The Kier molecular flexibility index (Phi) is 6.51. The van der Waals surface area contributed by atoms with E-state index in [9.17, 15) is 16.8 Å². The molecule has 0 saturated carbocycles. The summed E-state index contributed by atoms with van der Waals surface area (Å²) in [6, 6.07) is 13.7. The Morgan fingerprint density at radius 2 is 1.81 bits per heavy atom. The van der Waals surface area contributed by atoms with Gasteiger partial charge in [-0.1, -0.05) is 12.1 Å². The maximum Gasteiger partial charge on any atom is 0.242 e. The quantitative estimate of drug-likeness (QED) is 0.531. The first-order chi connectivity index (χ1) is 14.1. The molecule has 4 rings (SSSR count). The predicted octanol–water partition coefficient (Wildman–Crippen LogP) is 2.51. The molecule has 2 aromatic carbocycles. The lowest BCUT2D eigenvalue weighted by molar-refractivity contribution is 0.419. The third-order valence-corrected chi connectivity index (χ3v) is 7.58. The molecule has 31 heavy (non-hydrogen) atoms. The number of para-hydroxylation sites is 2. The van der Waals surface area contributed by atoms with Crippen molar-refractivity contribution in [3.8, 4) is 0 Å². The minimum Gasteiger partial charge on any atom is -0.354 e. The molecule has 0 bridgehead atoms. The van der Waals surface area contributed by atoms with Gasteiger partial charge in [0.1, 0.15) is 0 Å². The number of fused-ring (bicyclic) bond motifs is 3. The highest BCUT2D eigenvalue weighted by Crippen LogP contribution is 2.31. The van der Waals surface area contributed by atoms with Crippen molar-refractivity contribution in [2.75, 3.05) is 36.4 Å². The second-order valence-corrected chi connectivity index (χ2v) is 11.1. The minimum atomic E-state index is -3.69. The van der Waals surface area contributed by atoms with E-state index < -0.39 is 20.0 Å². The van der Waals surface area contributed by atoms with Gasteiger partial charge >= 0.3 is 0 Å². The summed E-state index contributed by atoms with van der Waals surface area (Å²) in [6.45, 7) is 1.04. The first-order valence-corrected chi connectivity index (χ1v) is 12.7. The molecule has 168 valence electrons. The molecule has 0 spiro atoms. The summed E-state index contributed by atoms with van der Waals surface area (Å²) in [7, 11) is -5.56. The smallest absolute Gasteiger partial charge is 0.242 e. The number of halogens is 1. The van der Waals surface area contributed by atoms with Gasteiger partial charge in [0.2, 0.25) is 26.0 Å². The van der Waals surface area contributed by atoms with Gasteiger partial charge in [0.25, 0.3) is 0 Å². The van der Waals surface area contributed by atoms with E-state index in [4.69, 9.17) is 0 Å². The fraction of sp³-hybridized carbons (Fsp3) is 0.316. The van der Waals surface area contributed by atoms with Gasteiger partial charge in [0.15, 0.2) is 0 Å². The van der Waals surface area contributed by atoms with Crippen LogP contribution in [0.4, 0.5) is 11.6 Å². The van der Waals surface area contributed by atoms with E-state index >= 15 is 0 Å². The number of benzene rings is 2. The lowest BCUT2D eigenvalue weighted by Crippen LogP contribution is -2.29. The van der Waals surface area contributed by atoms with Crippen LogP contribution in [0.5, 0.6) is 0 Å². The molecule has 1 aliphatic heterocycles. The molecule has 0 fully saturated rings. The normalized spacial score (nSPS) is 16.0. The van der Waals surface area contributed by atoms with E-state index in [0.717, 1.165) is 23.2 Å². The molecule has 2 N–H and O–H groups in total. The van der Waals surface area contributed by atoms with Gasteiger partial charge < -0.3 is 9.88 Å². The van der Waals surface area contributed by atoms with Gasteiger partial charge in [0, 0.05) is 25.8 Å². The average molecular weight is 486 g/mol. The van der Waals surface area contributed by atoms with Crippen LogP contribution < -0.4 is 10.0 Å². The number of hydrogen-bond acceptors (Lipinski definition) is 6. The second-order valence-electron chi connectivity index (χ2n) is 7.34. The summed E-state index contributed by atoms with van der Waals surface area (Å²) in [5.74, 6) is 0.806. The zero-order valence-electron chi connectivity index (χ0n) is 17.0. The van der Waals surface area contributed by atoms with Gasteiger partial charge in [-0.15, -0.1) is 12.4 Å². The standard InChI is InChI=1S/C19H23N5O4S2.ClH/c1-23(30(27,28)16-9-7-14(8-10-16)22-29(2,25)26)12-11-15-13-20-19-21-17-5-3-4-6-18(17)24(15)19;/h3-10,15,22H,11-13H2,1-2H3,(H,20,21);1H. The number of nitrogens with one attached hydrogen (secondary N) is 2. The van der Waals surface area contributed by atoms with Crippen molar-refractivity contribution in [1.82, 2.24) is 13.9 Å². The third-order valence-electron chi connectivity index (χ3n) is 5.10. The van der Waals surface area contributed by atoms with Gasteiger partial charge in [-0.2, -0.15) is 0 Å². The highest BCUT2D eigenvalue weighted by Gasteiger charge is 2.27. The highest BCUT2D eigenvalue weighted by molar-refractivity contribution is 7.92. The zero-order valence-corrected chi connectivity index (χ0v) is 19.5. The number of rotatable bonds is 7. The summed E-state index contributed by atoms with van der Waals surface area (Å²) >= 11 is 0. The Morgan fingerprint density at radius 1 is 1.13 bits per heavy atom. The number of aromatic nitrogens is 2. The van der Waals surface area contributed by atoms with Crippen molar-refractivity contribution in [2.45, 2.75) is 17.4 Å². The molecular weight excluding hydrogens is 462 g/mol. The highest BCUT2D eigenvalue weighted by atomic mass is 35.5. The fourth-order valence-corrected chi connectivity index (χ4v) is 5.36. The van der Waals surface area contributed by atoms with Crippen molar-refractivity contribution in [1.29, 1.82) is 0 Å². The number of nitrogens with zero attached hydrogens (tertiary/aromatic N) is 3.